The van der Waals surface area contributed by atoms with E-state index in [4.69, 9.17) is 6.42 Å². The monoisotopic (exact) mass is 340 g/mol. The molecule has 2 aromatic heterocycles. The van der Waals surface area contributed by atoms with Gasteiger partial charge in [0.1, 0.15) is 11.8 Å². The molecule has 3 heterocycles. The van der Waals surface area contributed by atoms with Crippen LogP contribution in [0.25, 0.3) is 10.9 Å². The van der Waals surface area contributed by atoms with Gasteiger partial charge in [-0.1, -0.05) is 30.2 Å². The van der Waals surface area contributed by atoms with E-state index in [9.17, 15) is 5.26 Å². The van der Waals surface area contributed by atoms with Crippen LogP contribution < -0.4 is 4.90 Å². The predicted molar refractivity (Wildman–Crippen MR) is 104 cm³/mol. The second kappa shape index (κ2) is 6.24. The third-order valence-electron chi connectivity index (χ3n) is 5.39. The second-order valence-electron chi connectivity index (χ2n) is 6.78. The fourth-order valence-corrected chi connectivity index (χ4v) is 3.89. The van der Waals surface area contributed by atoms with Gasteiger partial charge in [-0.05, 0) is 43.0 Å². The zero-order chi connectivity index (χ0) is 18.3. The van der Waals surface area contributed by atoms with Gasteiger partial charge in [-0.15, -0.1) is 6.42 Å². The average Bonchev–Trinajstić information content (AvgIpc) is 2.92. The molecule has 0 spiro atoms. The first-order valence-corrected chi connectivity index (χ1v) is 8.79. The van der Waals surface area contributed by atoms with E-state index in [1.165, 1.54) is 11.1 Å². The molecule has 1 aliphatic heterocycles. The Morgan fingerprint density at radius 1 is 1.23 bits per heavy atom. The molecule has 0 atom stereocenters. The lowest BCUT2D eigenvalue weighted by atomic mass is 10.00. The van der Waals surface area contributed by atoms with E-state index in [1.54, 1.807) is 0 Å². The van der Waals surface area contributed by atoms with E-state index in [0.29, 0.717) is 12.2 Å². The molecule has 4 nitrogen and oxygen atoms in total. The highest BCUT2D eigenvalue weighted by Crippen LogP contribution is 2.34. The minimum atomic E-state index is 0.451. The first kappa shape index (κ1) is 16.2. The molecular formula is C22H20N4. The van der Waals surface area contributed by atoms with Crippen LogP contribution in [0.15, 0.2) is 30.3 Å². The molecule has 0 fully saturated rings. The van der Waals surface area contributed by atoms with Crippen molar-refractivity contribution in [2.45, 2.75) is 33.4 Å². The van der Waals surface area contributed by atoms with Gasteiger partial charge < -0.3 is 9.47 Å². The topological polar surface area (TPSA) is 44.9 Å². The van der Waals surface area contributed by atoms with Gasteiger partial charge in [0.15, 0.2) is 5.82 Å². The number of aromatic nitrogens is 2. The Bertz CT molecular complexity index is 1090. The zero-order valence-corrected chi connectivity index (χ0v) is 15.1. The van der Waals surface area contributed by atoms with Crippen molar-refractivity contribution in [3.63, 3.8) is 0 Å². The number of hydrogen-bond donors (Lipinski definition) is 0. The lowest BCUT2D eigenvalue weighted by molar-refractivity contribution is 0.718. The minimum Gasteiger partial charge on any atom is -0.350 e. The summed E-state index contributed by atoms with van der Waals surface area (Å²) >= 11 is 0. The fraction of sp³-hybridized carbons (Fsp3) is 0.273. The van der Waals surface area contributed by atoms with E-state index in [1.807, 2.05) is 6.07 Å². The molecule has 0 saturated heterocycles. The molecule has 0 bridgehead atoms. The van der Waals surface area contributed by atoms with Crippen molar-refractivity contribution in [1.29, 1.82) is 5.26 Å². The van der Waals surface area contributed by atoms with Gasteiger partial charge in [0.25, 0.3) is 0 Å². The Morgan fingerprint density at radius 3 is 2.73 bits per heavy atom. The summed E-state index contributed by atoms with van der Waals surface area (Å²) < 4.78 is 2.15. The molecule has 0 saturated carbocycles. The molecule has 0 N–H and O–H groups in total. The fourth-order valence-electron chi connectivity index (χ4n) is 3.89. The van der Waals surface area contributed by atoms with Crippen LogP contribution in [0.1, 0.15) is 28.1 Å². The van der Waals surface area contributed by atoms with Crippen LogP contribution in [-0.4, -0.2) is 16.1 Å². The summed E-state index contributed by atoms with van der Waals surface area (Å²) in [6, 6.07) is 12.6. The molecule has 1 aliphatic rings. The maximum atomic E-state index is 9.48. The van der Waals surface area contributed by atoms with Crippen LogP contribution in [0.3, 0.4) is 0 Å². The molecule has 0 unspecified atom stereocenters. The molecule has 4 heteroatoms. The summed E-state index contributed by atoms with van der Waals surface area (Å²) in [5, 5.41) is 10.5. The molecule has 0 aliphatic carbocycles. The number of benzene rings is 1. The first-order valence-electron chi connectivity index (χ1n) is 8.79. The number of rotatable bonds is 2. The first-order chi connectivity index (χ1) is 12.6. The molecule has 0 radical (unpaired) electrons. The van der Waals surface area contributed by atoms with E-state index < -0.39 is 0 Å². The second-order valence-corrected chi connectivity index (χ2v) is 6.78. The SMILES string of the molecule is C#CCn1c(C)c(C)c2cc(C#N)nc(N3CCc4ccccc4C3)c21. The maximum Gasteiger partial charge on any atom is 0.155 e. The summed E-state index contributed by atoms with van der Waals surface area (Å²) in [5.41, 5.74) is 6.49. The zero-order valence-electron chi connectivity index (χ0n) is 15.1. The highest BCUT2D eigenvalue weighted by molar-refractivity contribution is 5.94. The number of pyridine rings is 1. The van der Waals surface area contributed by atoms with Crippen LogP contribution >= 0.6 is 0 Å². The van der Waals surface area contributed by atoms with E-state index in [0.717, 1.165) is 47.5 Å². The molecule has 1 aromatic carbocycles. The number of terminal acetylenes is 1. The Kier molecular flexibility index (Phi) is 3.90. The largest absolute Gasteiger partial charge is 0.350 e. The highest BCUT2D eigenvalue weighted by Gasteiger charge is 2.23. The Labute approximate surface area is 153 Å². The molecular weight excluding hydrogens is 320 g/mol. The molecule has 128 valence electrons. The maximum absolute atomic E-state index is 9.48. The van der Waals surface area contributed by atoms with Crippen molar-refractivity contribution >= 4 is 16.7 Å². The molecule has 4 rings (SSSR count). The number of aryl methyl sites for hydroxylation is 1. The minimum absolute atomic E-state index is 0.451. The van der Waals surface area contributed by atoms with Crippen LogP contribution in [0, 0.1) is 37.5 Å². The Hall–Kier alpha value is -3.24. The Balaban J connectivity index is 1.93. The van der Waals surface area contributed by atoms with Crippen molar-refractivity contribution in [3.05, 3.63) is 58.4 Å². The quantitative estimate of drug-likeness (QED) is 0.668. The predicted octanol–water partition coefficient (Wildman–Crippen LogP) is 3.72. The summed E-state index contributed by atoms with van der Waals surface area (Å²) in [7, 11) is 0. The van der Waals surface area contributed by atoms with Crippen LogP contribution in [0.5, 0.6) is 0 Å². The van der Waals surface area contributed by atoms with Gasteiger partial charge in [-0.3, -0.25) is 0 Å². The molecule has 26 heavy (non-hydrogen) atoms. The summed E-state index contributed by atoms with van der Waals surface area (Å²) in [4.78, 5) is 6.96. The number of fused-ring (bicyclic) bond motifs is 2. The van der Waals surface area contributed by atoms with E-state index in [-0.39, 0.29) is 0 Å². The lowest BCUT2D eigenvalue weighted by Crippen LogP contribution is -2.31. The number of hydrogen-bond acceptors (Lipinski definition) is 3. The summed E-state index contributed by atoms with van der Waals surface area (Å²) in [5.74, 6) is 3.62. The van der Waals surface area contributed by atoms with Gasteiger partial charge >= 0.3 is 0 Å². The number of nitriles is 1. The Morgan fingerprint density at radius 2 is 2.00 bits per heavy atom. The molecule has 0 amide bonds. The summed E-state index contributed by atoms with van der Waals surface area (Å²) in [6.45, 7) is 6.34. The van der Waals surface area contributed by atoms with Gasteiger partial charge in [-0.2, -0.15) is 5.26 Å². The van der Waals surface area contributed by atoms with E-state index >= 15 is 0 Å². The van der Waals surface area contributed by atoms with Crippen molar-refractivity contribution in [1.82, 2.24) is 9.55 Å². The van der Waals surface area contributed by atoms with Crippen LogP contribution in [-0.2, 0) is 19.5 Å². The smallest absolute Gasteiger partial charge is 0.155 e. The van der Waals surface area contributed by atoms with Gasteiger partial charge in [0.05, 0.1) is 12.1 Å². The third kappa shape index (κ3) is 2.43. The van der Waals surface area contributed by atoms with Gasteiger partial charge in [-0.25, -0.2) is 4.98 Å². The number of anilines is 1. The molecule has 3 aromatic rings. The third-order valence-corrected chi connectivity index (χ3v) is 5.39. The van der Waals surface area contributed by atoms with Crippen molar-refractivity contribution in [2.24, 2.45) is 0 Å². The highest BCUT2D eigenvalue weighted by atomic mass is 15.2. The van der Waals surface area contributed by atoms with Crippen LogP contribution in [0.2, 0.25) is 0 Å². The van der Waals surface area contributed by atoms with Crippen molar-refractivity contribution < 1.29 is 0 Å². The normalized spacial score (nSPS) is 13.3. The lowest BCUT2D eigenvalue weighted by Gasteiger charge is -2.30. The number of nitrogens with zero attached hydrogens (tertiary/aromatic N) is 4. The van der Waals surface area contributed by atoms with Gasteiger partial charge in [0, 0.05) is 24.2 Å². The van der Waals surface area contributed by atoms with E-state index in [2.05, 4.69) is 64.6 Å². The standard InChI is InChI=1S/C22H20N4/c1-4-10-26-16(3)15(2)20-12-19(13-23)24-22(21(20)26)25-11-9-17-7-5-6-8-18(17)14-25/h1,5-8,12H,9-11,14H2,2-3H3. The average molecular weight is 340 g/mol. The summed E-state index contributed by atoms with van der Waals surface area (Å²) in [6.07, 6.45) is 6.60. The van der Waals surface area contributed by atoms with Crippen LogP contribution in [0.4, 0.5) is 5.82 Å². The van der Waals surface area contributed by atoms with Crippen molar-refractivity contribution in [2.75, 3.05) is 11.4 Å². The van der Waals surface area contributed by atoms with Crippen molar-refractivity contribution in [3.8, 4) is 18.4 Å². The van der Waals surface area contributed by atoms with Gasteiger partial charge in [0.2, 0.25) is 0 Å².